The number of hydrogen-bond acceptors (Lipinski definition) is 0. The van der Waals surface area contributed by atoms with Gasteiger partial charge in [-0.3, -0.25) is 0 Å². The monoisotopic (exact) mass is 317 g/mol. The van der Waals surface area contributed by atoms with E-state index < -0.39 is 0 Å². The van der Waals surface area contributed by atoms with Gasteiger partial charge in [0.05, 0.1) is 0 Å². The Balaban J connectivity index is -0.000000206. The summed E-state index contributed by atoms with van der Waals surface area (Å²) in [5, 5.41) is 0. The van der Waals surface area contributed by atoms with Crippen molar-refractivity contribution >= 4 is 0 Å². The first-order valence-electron chi connectivity index (χ1n) is 8.70. The molecule has 3 rings (SSSR count). The maximum absolute atomic E-state index is 2.41. The number of allylic oxidation sites excluding steroid dienone is 2. The van der Waals surface area contributed by atoms with Crippen molar-refractivity contribution in [2.24, 2.45) is 11.8 Å². The summed E-state index contributed by atoms with van der Waals surface area (Å²) in [5.41, 5.74) is 1.59. The first-order chi connectivity index (χ1) is 9.36. The van der Waals surface area contributed by atoms with Crippen LogP contribution < -0.4 is 0 Å². The van der Waals surface area contributed by atoms with Crippen molar-refractivity contribution in [1.29, 1.82) is 0 Å². The quantitative estimate of drug-likeness (QED) is 0.333. The van der Waals surface area contributed by atoms with E-state index in [0.29, 0.717) is 0 Å². The number of hydrogen-bond donors (Lipinski definition) is 0. The molecule has 2 atom stereocenters. The van der Waals surface area contributed by atoms with Crippen LogP contribution in [0.5, 0.6) is 0 Å². The largest absolute Gasteiger partial charge is 2.00 e. The summed E-state index contributed by atoms with van der Waals surface area (Å²) < 4.78 is 0. The molecule has 2 unspecified atom stereocenters. The minimum Gasteiger partial charge on any atom is -0.328 e. The summed E-state index contributed by atoms with van der Waals surface area (Å²) in [6.45, 7) is 14.2. The van der Waals surface area contributed by atoms with Gasteiger partial charge in [-0.25, -0.2) is 0 Å². The molecule has 3 aliphatic carbocycles. The molecule has 1 radical (unpaired) electrons. The van der Waals surface area contributed by atoms with Crippen LogP contribution in [0.2, 0.25) is 0 Å². The first kappa shape index (κ1) is 25.3. The summed E-state index contributed by atoms with van der Waals surface area (Å²) in [6.07, 6.45) is 15.6. The summed E-state index contributed by atoms with van der Waals surface area (Å²) >= 11 is 0. The van der Waals surface area contributed by atoms with Gasteiger partial charge in [0.1, 0.15) is 0 Å². The second kappa shape index (κ2) is 19.3. The third kappa shape index (κ3) is 13.3. The minimum atomic E-state index is 0. The van der Waals surface area contributed by atoms with E-state index in [1.807, 2.05) is 41.5 Å². The van der Waals surface area contributed by atoms with Gasteiger partial charge in [0.2, 0.25) is 0 Å². The zero-order valence-corrected chi connectivity index (χ0v) is 16.5. The van der Waals surface area contributed by atoms with E-state index in [0.717, 1.165) is 11.8 Å². The van der Waals surface area contributed by atoms with E-state index in [4.69, 9.17) is 0 Å². The van der Waals surface area contributed by atoms with Crippen molar-refractivity contribution in [3.05, 3.63) is 24.5 Å². The summed E-state index contributed by atoms with van der Waals surface area (Å²) in [7, 11) is 0. The fourth-order valence-electron chi connectivity index (χ4n) is 2.27. The Kier molecular flexibility index (Phi) is 24.4. The van der Waals surface area contributed by atoms with Gasteiger partial charge in [0.25, 0.3) is 0 Å². The van der Waals surface area contributed by atoms with E-state index in [1.165, 1.54) is 38.5 Å². The Hall–Kier alpha value is 0.324. The molecule has 1 heteroatoms. The van der Waals surface area contributed by atoms with Crippen molar-refractivity contribution < 1.29 is 18.6 Å². The molecule has 2 saturated carbocycles. The molecule has 119 valence electrons. The van der Waals surface area contributed by atoms with E-state index in [1.54, 1.807) is 5.57 Å². The van der Waals surface area contributed by atoms with Crippen LogP contribution >= 0.6 is 0 Å². The molecular weight excluding hydrogens is 279 g/mol. The average Bonchev–Trinajstić information content (AvgIpc) is 3.15. The Morgan fingerprint density at radius 2 is 1.40 bits per heavy atom. The number of rotatable bonds is 0. The summed E-state index contributed by atoms with van der Waals surface area (Å²) in [5.74, 6) is 1.87. The van der Waals surface area contributed by atoms with Crippen LogP contribution in [0.25, 0.3) is 0 Å². The molecule has 0 aromatic carbocycles. The fraction of sp³-hybridized carbons (Fsp3) is 0.789. The molecule has 20 heavy (non-hydrogen) atoms. The third-order valence-corrected chi connectivity index (χ3v) is 3.17. The van der Waals surface area contributed by atoms with Gasteiger partial charge in [-0.05, 0) is 6.92 Å². The van der Waals surface area contributed by atoms with Crippen LogP contribution in [0.4, 0.5) is 0 Å². The second-order valence-electron chi connectivity index (χ2n) is 4.58. The molecule has 0 heterocycles. The molecular formula is C19H38V. The maximum atomic E-state index is 2.41. The van der Waals surface area contributed by atoms with Crippen molar-refractivity contribution in [2.45, 2.75) is 87.0 Å². The average molecular weight is 317 g/mol. The van der Waals surface area contributed by atoms with Crippen molar-refractivity contribution in [2.75, 3.05) is 0 Å². The van der Waals surface area contributed by atoms with Gasteiger partial charge in [0.15, 0.2) is 0 Å². The van der Waals surface area contributed by atoms with Crippen LogP contribution in [0.3, 0.4) is 0 Å². The summed E-state index contributed by atoms with van der Waals surface area (Å²) in [6, 6.07) is 0. The molecule has 0 amide bonds. The Bertz CT molecular complexity index is 180. The van der Waals surface area contributed by atoms with E-state index in [2.05, 4.69) is 25.8 Å². The molecule has 2 fully saturated rings. The first-order valence-corrected chi connectivity index (χ1v) is 8.70. The van der Waals surface area contributed by atoms with Gasteiger partial charge in [-0.1, -0.05) is 72.8 Å². The van der Waals surface area contributed by atoms with Gasteiger partial charge >= 0.3 is 18.6 Å². The minimum absolute atomic E-state index is 0. The smallest absolute Gasteiger partial charge is 0.328 e. The van der Waals surface area contributed by atoms with Crippen LogP contribution in [0, 0.1) is 24.7 Å². The molecule has 0 saturated heterocycles. The van der Waals surface area contributed by atoms with Gasteiger partial charge in [0, 0.05) is 0 Å². The molecule has 0 spiro atoms. The Labute approximate surface area is 142 Å². The van der Waals surface area contributed by atoms with Gasteiger partial charge in [-0.2, -0.15) is 24.7 Å². The predicted octanol–water partition coefficient (Wildman–Crippen LogP) is 7.02. The Morgan fingerprint density at radius 1 is 0.900 bits per heavy atom. The van der Waals surface area contributed by atoms with Gasteiger partial charge in [-0.15, -0.1) is 6.08 Å². The van der Waals surface area contributed by atoms with E-state index >= 15 is 0 Å². The normalized spacial score (nSPS) is 24.1. The molecule has 0 nitrogen and oxygen atoms in total. The van der Waals surface area contributed by atoms with Crippen LogP contribution in [0.15, 0.2) is 11.6 Å². The zero-order valence-electron chi connectivity index (χ0n) is 15.1. The van der Waals surface area contributed by atoms with Gasteiger partial charge < -0.3 is 12.8 Å². The van der Waals surface area contributed by atoms with Crippen LogP contribution in [-0.4, -0.2) is 0 Å². The second-order valence-corrected chi connectivity index (χ2v) is 4.58. The SMILES string of the molecule is CC.CC.CC.CC1=CC2[CH-]C2C1.[CH-]1CCCCC1.[V+2]. The van der Waals surface area contributed by atoms with Crippen molar-refractivity contribution in [3.63, 3.8) is 0 Å². The summed E-state index contributed by atoms with van der Waals surface area (Å²) in [4.78, 5) is 0. The molecule has 0 aliphatic heterocycles. The van der Waals surface area contributed by atoms with Crippen molar-refractivity contribution in [1.82, 2.24) is 0 Å². The van der Waals surface area contributed by atoms with Crippen LogP contribution in [0.1, 0.15) is 87.0 Å². The standard InChI is InChI=1S/C7H9.C6H11.3C2H6.V/c1-5-2-6-4-7(6)3-5;1-2-4-6-5-3-1;3*1-2;/h2,4,6-7H,3H2,1H3;1H,2-6H2;3*1-2H3;/q2*-1;;;;+2. The van der Waals surface area contributed by atoms with E-state index in [9.17, 15) is 0 Å². The third-order valence-electron chi connectivity index (χ3n) is 3.17. The zero-order chi connectivity index (χ0) is 15.1. The van der Waals surface area contributed by atoms with E-state index in [-0.39, 0.29) is 18.6 Å². The molecule has 0 bridgehead atoms. The molecule has 0 aromatic heterocycles. The van der Waals surface area contributed by atoms with Crippen LogP contribution in [-0.2, 0) is 18.6 Å². The fourth-order valence-corrected chi connectivity index (χ4v) is 2.27. The predicted molar refractivity (Wildman–Crippen MR) is 91.1 cm³/mol. The topological polar surface area (TPSA) is 0 Å². The molecule has 3 aliphatic rings. The maximum Gasteiger partial charge on any atom is 2.00 e. The molecule has 0 aromatic rings. The number of fused-ring (bicyclic) bond motifs is 1. The van der Waals surface area contributed by atoms with Crippen molar-refractivity contribution in [3.8, 4) is 0 Å². The molecule has 0 N–H and O–H groups in total. The Morgan fingerprint density at radius 3 is 1.55 bits per heavy atom.